The Kier molecular flexibility index (Phi) is 7.28. The third-order valence-electron chi connectivity index (χ3n) is 4.19. The van der Waals surface area contributed by atoms with Crippen molar-refractivity contribution >= 4 is 52.6 Å². The number of aromatic nitrogens is 2. The molecule has 0 aliphatic carbocycles. The highest BCUT2D eigenvalue weighted by molar-refractivity contribution is 14.0. The molecule has 1 N–H and O–H groups in total. The number of nitrogens with one attached hydrogen (secondary N) is 1. The first-order valence-electron chi connectivity index (χ1n) is 8.15. The number of para-hydroxylation sites is 2. The molecular formula is C19H23ClIN5. The molecule has 1 heterocycles. The predicted octanol–water partition coefficient (Wildman–Crippen LogP) is 4.05. The molecule has 0 amide bonds. The summed E-state index contributed by atoms with van der Waals surface area (Å²) in [6, 6.07) is 16.0. The summed E-state index contributed by atoms with van der Waals surface area (Å²) in [5, 5.41) is 4.13. The molecule has 0 unspecified atom stereocenters. The van der Waals surface area contributed by atoms with Crippen molar-refractivity contribution in [3.63, 3.8) is 0 Å². The molecule has 0 saturated heterocycles. The fraction of sp³-hybridized carbons (Fsp3) is 0.263. The molecule has 0 radical (unpaired) electrons. The van der Waals surface area contributed by atoms with Crippen LogP contribution in [-0.2, 0) is 20.1 Å². The third kappa shape index (κ3) is 4.67. The average Bonchev–Trinajstić information content (AvgIpc) is 2.94. The van der Waals surface area contributed by atoms with Gasteiger partial charge in [-0.1, -0.05) is 35.9 Å². The van der Waals surface area contributed by atoms with Gasteiger partial charge in [-0.05, 0) is 29.8 Å². The lowest BCUT2D eigenvalue weighted by molar-refractivity contribution is 0.474. The van der Waals surface area contributed by atoms with E-state index < -0.39 is 0 Å². The minimum atomic E-state index is 0. The molecule has 3 aromatic rings. The largest absolute Gasteiger partial charge is 0.349 e. The number of fused-ring (bicyclic) bond motifs is 1. The van der Waals surface area contributed by atoms with Crippen LogP contribution in [0, 0.1) is 0 Å². The number of rotatable bonds is 4. The summed E-state index contributed by atoms with van der Waals surface area (Å²) in [5.74, 6) is 1.80. The topological polar surface area (TPSA) is 45.5 Å². The van der Waals surface area contributed by atoms with Crippen molar-refractivity contribution in [2.24, 2.45) is 12.0 Å². The number of aryl methyl sites for hydroxylation is 1. The Balaban J connectivity index is 0.00000243. The fourth-order valence-electron chi connectivity index (χ4n) is 2.83. The van der Waals surface area contributed by atoms with Crippen molar-refractivity contribution in [2.45, 2.75) is 13.1 Å². The summed E-state index contributed by atoms with van der Waals surface area (Å²) >= 11 is 5.94. The molecule has 0 fully saturated rings. The van der Waals surface area contributed by atoms with Gasteiger partial charge in [-0.3, -0.25) is 4.99 Å². The van der Waals surface area contributed by atoms with E-state index in [1.54, 1.807) is 7.05 Å². The third-order valence-corrected chi connectivity index (χ3v) is 4.44. The van der Waals surface area contributed by atoms with Crippen LogP contribution in [0.5, 0.6) is 0 Å². The zero-order valence-electron chi connectivity index (χ0n) is 15.1. The van der Waals surface area contributed by atoms with Crippen LogP contribution in [0.3, 0.4) is 0 Å². The van der Waals surface area contributed by atoms with Gasteiger partial charge in [0, 0.05) is 32.7 Å². The standard InChI is InChI=1S/C19H22ClN5.HI/c1-21-19(24(2)13-14-8-10-15(20)11-9-14)22-12-18-23-16-6-4-5-7-17(16)25(18)3;/h4-11H,12-13H2,1-3H3,(H,21,22);1H. The molecule has 1 aromatic heterocycles. The molecule has 7 heteroatoms. The summed E-state index contributed by atoms with van der Waals surface area (Å²) in [6.45, 7) is 1.36. The molecule has 5 nitrogen and oxygen atoms in total. The van der Waals surface area contributed by atoms with E-state index in [-0.39, 0.29) is 24.0 Å². The highest BCUT2D eigenvalue weighted by Crippen LogP contribution is 2.14. The minimum absolute atomic E-state index is 0. The number of hydrogen-bond acceptors (Lipinski definition) is 2. The van der Waals surface area contributed by atoms with Crippen molar-refractivity contribution in [3.05, 3.63) is 64.9 Å². The van der Waals surface area contributed by atoms with E-state index in [2.05, 4.69) is 30.8 Å². The number of nitrogens with zero attached hydrogens (tertiary/aromatic N) is 4. The smallest absolute Gasteiger partial charge is 0.194 e. The normalized spacial score (nSPS) is 11.3. The zero-order valence-corrected chi connectivity index (χ0v) is 18.2. The van der Waals surface area contributed by atoms with Crippen molar-refractivity contribution in [2.75, 3.05) is 14.1 Å². The molecule has 0 aliphatic heterocycles. The number of guanidine groups is 1. The quantitative estimate of drug-likeness (QED) is 0.346. The monoisotopic (exact) mass is 483 g/mol. The molecular weight excluding hydrogens is 461 g/mol. The second-order valence-electron chi connectivity index (χ2n) is 5.96. The Morgan fingerprint density at radius 2 is 1.88 bits per heavy atom. The minimum Gasteiger partial charge on any atom is -0.349 e. The van der Waals surface area contributed by atoms with Gasteiger partial charge >= 0.3 is 0 Å². The molecule has 2 aromatic carbocycles. The van der Waals surface area contributed by atoms with Gasteiger partial charge in [0.25, 0.3) is 0 Å². The van der Waals surface area contributed by atoms with Crippen LogP contribution in [0.2, 0.25) is 5.02 Å². The van der Waals surface area contributed by atoms with Crippen LogP contribution >= 0.6 is 35.6 Å². The summed E-state index contributed by atoms with van der Waals surface area (Å²) < 4.78 is 2.11. The van der Waals surface area contributed by atoms with Gasteiger partial charge in [-0.15, -0.1) is 24.0 Å². The van der Waals surface area contributed by atoms with Crippen molar-refractivity contribution < 1.29 is 0 Å². The number of hydrogen-bond donors (Lipinski definition) is 1. The Labute approximate surface area is 176 Å². The first-order valence-corrected chi connectivity index (χ1v) is 8.53. The Bertz CT molecular complexity index is 889. The summed E-state index contributed by atoms with van der Waals surface area (Å²) in [6.07, 6.45) is 0. The summed E-state index contributed by atoms with van der Waals surface area (Å²) in [7, 11) is 5.83. The van der Waals surface area contributed by atoms with E-state index in [0.29, 0.717) is 6.54 Å². The summed E-state index contributed by atoms with van der Waals surface area (Å²) in [5.41, 5.74) is 3.31. The van der Waals surface area contributed by atoms with Gasteiger partial charge in [0.1, 0.15) is 5.82 Å². The molecule has 0 spiro atoms. The van der Waals surface area contributed by atoms with Gasteiger partial charge in [0.2, 0.25) is 0 Å². The average molecular weight is 484 g/mol. The number of imidazole rings is 1. The maximum absolute atomic E-state index is 5.94. The van der Waals surface area contributed by atoms with Crippen molar-refractivity contribution in [1.82, 2.24) is 19.8 Å². The molecule has 26 heavy (non-hydrogen) atoms. The Hall–Kier alpha value is -1.80. The van der Waals surface area contributed by atoms with Gasteiger partial charge in [-0.25, -0.2) is 4.98 Å². The number of aliphatic imine (C=N–C) groups is 1. The second kappa shape index (κ2) is 9.23. The molecule has 0 saturated carbocycles. The van der Waals surface area contributed by atoms with E-state index in [4.69, 9.17) is 11.6 Å². The first-order chi connectivity index (χ1) is 12.1. The molecule has 3 rings (SSSR count). The molecule has 0 atom stereocenters. The first kappa shape index (κ1) is 20.5. The number of halogens is 2. The van der Waals surface area contributed by atoms with Crippen LogP contribution in [-0.4, -0.2) is 34.5 Å². The highest BCUT2D eigenvalue weighted by Gasteiger charge is 2.10. The van der Waals surface area contributed by atoms with E-state index in [1.807, 2.05) is 56.6 Å². The van der Waals surface area contributed by atoms with E-state index in [0.717, 1.165) is 34.4 Å². The van der Waals surface area contributed by atoms with Crippen molar-refractivity contribution in [1.29, 1.82) is 0 Å². The van der Waals surface area contributed by atoms with E-state index in [1.165, 1.54) is 5.56 Å². The molecule has 138 valence electrons. The molecule has 0 aliphatic rings. The lowest BCUT2D eigenvalue weighted by Crippen LogP contribution is -2.38. The van der Waals surface area contributed by atoms with Crippen LogP contribution in [0.1, 0.15) is 11.4 Å². The SMILES string of the molecule is CN=C(NCc1nc2ccccc2n1C)N(C)Cc1ccc(Cl)cc1.I. The van der Waals surface area contributed by atoms with Crippen LogP contribution < -0.4 is 5.32 Å². The van der Waals surface area contributed by atoms with Gasteiger partial charge < -0.3 is 14.8 Å². The second-order valence-corrected chi connectivity index (χ2v) is 6.40. The highest BCUT2D eigenvalue weighted by atomic mass is 127. The zero-order chi connectivity index (χ0) is 17.8. The van der Waals surface area contributed by atoms with Crippen molar-refractivity contribution in [3.8, 4) is 0 Å². The maximum Gasteiger partial charge on any atom is 0.194 e. The predicted molar refractivity (Wildman–Crippen MR) is 119 cm³/mol. The van der Waals surface area contributed by atoms with E-state index in [9.17, 15) is 0 Å². The Morgan fingerprint density at radius 1 is 1.19 bits per heavy atom. The number of benzene rings is 2. The Morgan fingerprint density at radius 3 is 2.54 bits per heavy atom. The van der Waals surface area contributed by atoms with Crippen LogP contribution in [0.15, 0.2) is 53.5 Å². The lowest BCUT2D eigenvalue weighted by atomic mass is 10.2. The fourth-order valence-corrected chi connectivity index (χ4v) is 2.96. The van der Waals surface area contributed by atoms with Crippen LogP contribution in [0.25, 0.3) is 11.0 Å². The molecule has 0 bridgehead atoms. The summed E-state index contributed by atoms with van der Waals surface area (Å²) in [4.78, 5) is 11.1. The van der Waals surface area contributed by atoms with Crippen LogP contribution in [0.4, 0.5) is 0 Å². The maximum atomic E-state index is 5.94. The van der Waals surface area contributed by atoms with E-state index >= 15 is 0 Å². The van der Waals surface area contributed by atoms with Gasteiger partial charge in [0.05, 0.1) is 17.6 Å². The van der Waals surface area contributed by atoms with Gasteiger partial charge in [-0.2, -0.15) is 0 Å². The van der Waals surface area contributed by atoms with Gasteiger partial charge in [0.15, 0.2) is 5.96 Å². The lowest BCUT2D eigenvalue weighted by Gasteiger charge is -2.22.